The second-order valence-electron chi connectivity index (χ2n) is 7.12. The largest absolute Gasteiger partial charge is 0.302 e. The summed E-state index contributed by atoms with van der Waals surface area (Å²) in [4.78, 5) is 22.2. The van der Waals surface area contributed by atoms with E-state index in [1.54, 1.807) is 11.3 Å². The Labute approximate surface area is 182 Å². The van der Waals surface area contributed by atoms with Gasteiger partial charge in [-0.25, -0.2) is 4.98 Å². The highest BCUT2D eigenvalue weighted by Crippen LogP contribution is 2.33. The van der Waals surface area contributed by atoms with Crippen molar-refractivity contribution in [2.75, 3.05) is 31.1 Å². The highest BCUT2D eigenvalue weighted by molar-refractivity contribution is 7.22. The molecule has 1 aromatic heterocycles. The minimum Gasteiger partial charge on any atom is -0.302 e. The molecular formula is C23H28ClN3OS. The number of fused-ring (bicyclic) bond motifs is 1. The number of rotatable bonds is 9. The third-order valence-electron chi connectivity index (χ3n) is 5.18. The van der Waals surface area contributed by atoms with Crippen molar-refractivity contribution in [2.24, 2.45) is 0 Å². The van der Waals surface area contributed by atoms with E-state index >= 15 is 0 Å². The van der Waals surface area contributed by atoms with Crippen LogP contribution in [0.1, 0.15) is 31.4 Å². The summed E-state index contributed by atoms with van der Waals surface area (Å²) in [6, 6.07) is 14.0. The zero-order valence-corrected chi connectivity index (χ0v) is 18.9. The van der Waals surface area contributed by atoms with Crippen LogP contribution in [0.4, 0.5) is 5.13 Å². The van der Waals surface area contributed by atoms with Gasteiger partial charge in [0.05, 0.1) is 10.2 Å². The summed E-state index contributed by atoms with van der Waals surface area (Å²) in [6.45, 7) is 9.72. The summed E-state index contributed by atoms with van der Waals surface area (Å²) < 4.78 is 1.02. The van der Waals surface area contributed by atoms with Gasteiger partial charge in [-0.1, -0.05) is 67.1 Å². The molecule has 3 aromatic rings. The van der Waals surface area contributed by atoms with E-state index in [-0.39, 0.29) is 5.91 Å². The van der Waals surface area contributed by atoms with Gasteiger partial charge in [-0.05, 0) is 49.7 Å². The van der Waals surface area contributed by atoms with Crippen molar-refractivity contribution in [1.29, 1.82) is 0 Å². The van der Waals surface area contributed by atoms with Crippen LogP contribution in [0, 0.1) is 6.92 Å². The number of halogens is 1. The fraction of sp³-hybridized carbons (Fsp3) is 0.391. The molecule has 0 aliphatic rings. The lowest BCUT2D eigenvalue weighted by molar-refractivity contribution is -0.118. The Kier molecular flexibility index (Phi) is 7.64. The van der Waals surface area contributed by atoms with Gasteiger partial charge in [0.1, 0.15) is 0 Å². The van der Waals surface area contributed by atoms with Crippen molar-refractivity contribution in [3.63, 3.8) is 0 Å². The molecule has 0 saturated carbocycles. The minimum absolute atomic E-state index is 0.115. The maximum Gasteiger partial charge on any atom is 0.229 e. The summed E-state index contributed by atoms with van der Waals surface area (Å²) in [6.07, 6.45) is 1.20. The number of hydrogen-bond donors (Lipinski definition) is 0. The molecule has 0 unspecified atom stereocenters. The number of thiazole rings is 1. The first kappa shape index (κ1) is 21.8. The number of benzene rings is 2. The number of carbonyl (C=O) groups excluding carboxylic acids is 1. The van der Waals surface area contributed by atoms with Gasteiger partial charge >= 0.3 is 0 Å². The first-order valence-corrected chi connectivity index (χ1v) is 11.3. The number of hydrogen-bond acceptors (Lipinski definition) is 4. The Morgan fingerprint density at radius 3 is 2.52 bits per heavy atom. The van der Waals surface area contributed by atoms with Crippen molar-refractivity contribution in [3.8, 4) is 0 Å². The van der Waals surface area contributed by atoms with Crippen LogP contribution in [0.5, 0.6) is 0 Å². The third-order valence-corrected chi connectivity index (χ3v) is 6.42. The average molecular weight is 430 g/mol. The summed E-state index contributed by atoms with van der Waals surface area (Å²) in [5, 5.41) is 1.46. The molecule has 0 N–H and O–H groups in total. The standard InChI is InChI=1S/C23H28ClN3OS/c1-4-26(5-2)13-14-27(21(28)12-11-18-9-7-6-8-10-18)23-25-22-17(3)15-19(24)16-20(22)29-23/h6-10,15-16H,4-5,11-14H2,1-3H3. The summed E-state index contributed by atoms with van der Waals surface area (Å²) in [5.41, 5.74) is 3.14. The number of amides is 1. The van der Waals surface area contributed by atoms with Crippen LogP contribution in [-0.2, 0) is 11.2 Å². The maximum atomic E-state index is 13.2. The molecule has 3 rings (SSSR count). The molecule has 0 spiro atoms. The number of nitrogens with zero attached hydrogens (tertiary/aromatic N) is 3. The number of aryl methyl sites for hydroxylation is 2. The average Bonchev–Trinajstić information content (AvgIpc) is 3.14. The molecule has 0 atom stereocenters. The predicted molar refractivity (Wildman–Crippen MR) is 124 cm³/mol. The Morgan fingerprint density at radius 2 is 1.83 bits per heavy atom. The van der Waals surface area contributed by atoms with E-state index in [0.717, 1.165) is 47.0 Å². The third kappa shape index (κ3) is 5.56. The van der Waals surface area contributed by atoms with Gasteiger partial charge in [0.25, 0.3) is 0 Å². The van der Waals surface area contributed by atoms with Gasteiger partial charge in [-0.3, -0.25) is 9.69 Å². The molecule has 0 bridgehead atoms. The van der Waals surface area contributed by atoms with Crippen molar-refractivity contribution >= 4 is 44.2 Å². The van der Waals surface area contributed by atoms with Gasteiger partial charge < -0.3 is 4.90 Å². The molecule has 1 amide bonds. The molecule has 1 heterocycles. The monoisotopic (exact) mass is 429 g/mol. The molecule has 6 heteroatoms. The number of anilines is 1. The first-order valence-electron chi connectivity index (χ1n) is 10.1. The minimum atomic E-state index is 0.115. The van der Waals surface area contributed by atoms with Crippen LogP contribution in [0.3, 0.4) is 0 Å². The summed E-state index contributed by atoms with van der Waals surface area (Å²) in [5.74, 6) is 0.115. The fourth-order valence-corrected chi connectivity index (χ4v) is 4.86. The summed E-state index contributed by atoms with van der Waals surface area (Å²) >= 11 is 7.77. The quantitative estimate of drug-likeness (QED) is 0.446. The van der Waals surface area contributed by atoms with Crippen LogP contribution in [0.25, 0.3) is 10.2 Å². The molecular weight excluding hydrogens is 402 g/mol. The topological polar surface area (TPSA) is 36.4 Å². The van der Waals surface area contributed by atoms with Gasteiger partial charge in [0, 0.05) is 24.5 Å². The SMILES string of the molecule is CCN(CC)CCN(C(=O)CCc1ccccc1)c1nc2c(C)cc(Cl)cc2s1. The van der Waals surface area contributed by atoms with Crippen molar-refractivity contribution < 1.29 is 4.79 Å². The number of aromatic nitrogens is 1. The van der Waals surface area contributed by atoms with Gasteiger partial charge in [0.15, 0.2) is 5.13 Å². The fourth-order valence-electron chi connectivity index (χ4n) is 3.40. The molecule has 29 heavy (non-hydrogen) atoms. The van der Waals surface area contributed by atoms with E-state index in [4.69, 9.17) is 16.6 Å². The normalized spacial score (nSPS) is 11.3. The molecule has 0 radical (unpaired) electrons. The molecule has 4 nitrogen and oxygen atoms in total. The smallest absolute Gasteiger partial charge is 0.229 e. The lowest BCUT2D eigenvalue weighted by Gasteiger charge is -2.24. The summed E-state index contributed by atoms with van der Waals surface area (Å²) in [7, 11) is 0. The highest BCUT2D eigenvalue weighted by atomic mass is 35.5. The van der Waals surface area contributed by atoms with Gasteiger partial charge in [0.2, 0.25) is 5.91 Å². The molecule has 2 aromatic carbocycles. The van der Waals surface area contributed by atoms with Crippen molar-refractivity contribution in [2.45, 2.75) is 33.6 Å². The van der Waals surface area contributed by atoms with Crippen LogP contribution < -0.4 is 4.90 Å². The van der Waals surface area contributed by atoms with Crippen molar-refractivity contribution in [3.05, 3.63) is 58.6 Å². The van der Waals surface area contributed by atoms with E-state index in [0.29, 0.717) is 18.0 Å². The first-order chi connectivity index (χ1) is 14.0. The molecule has 0 saturated heterocycles. The molecule has 0 fully saturated rings. The Balaban J connectivity index is 1.83. The zero-order chi connectivity index (χ0) is 20.8. The second kappa shape index (κ2) is 10.2. The van der Waals surface area contributed by atoms with E-state index < -0.39 is 0 Å². The Morgan fingerprint density at radius 1 is 1.10 bits per heavy atom. The van der Waals surface area contributed by atoms with Crippen LogP contribution in [0.15, 0.2) is 42.5 Å². The van der Waals surface area contributed by atoms with Crippen LogP contribution >= 0.6 is 22.9 Å². The van der Waals surface area contributed by atoms with Gasteiger partial charge in [-0.15, -0.1) is 0 Å². The zero-order valence-electron chi connectivity index (χ0n) is 17.3. The van der Waals surface area contributed by atoms with Gasteiger partial charge in [-0.2, -0.15) is 0 Å². The lowest BCUT2D eigenvalue weighted by Crippen LogP contribution is -2.39. The molecule has 0 aliphatic heterocycles. The Hall–Kier alpha value is -1.95. The highest BCUT2D eigenvalue weighted by Gasteiger charge is 2.21. The Bertz CT molecular complexity index is 953. The molecule has 154 valence electrons. The second-order valence-corrected chi connectivity index (χ2v) is 8.57. The number of carbonyl (C=O) groups is 1. The van der Waals surface area contributed by atoms with E-state index in [1.807, 2.05) is 42.2 Å². The van der Waals surface area contributed by atoms with Crippen LogP contribution in [0.2, 0.25) is 5.02 Å². The van der Waals surface area contributed by atoms with E-state index in [1.165, 1.54) is 5.56 Å². The lowest BCUT2D eigenvalue weighted by atomic mass is 10.1. The van der Waals surface area contributed by atoms with E-state index in [9.17, 15) is 4.79 Å². The molecule has 0 aliphatic carbocycles. The van der Waals surface area contributed by atoms with Crippen LogP contribution in [-0.4, -0.2) is 42.0 Å². The number of likely N-dealkylation sites (N-methyl/N-ethyl adjacent to an activating group) is 1. The maximum absolute atomic E-state index is 13.2. The van der Waals surface area contributed by atoms with Crippen molar-refractivity contribution in [1.82, 2.24) is 9.88 Å². The van der Waals surface area contributed by atoms with E-state index in [2.05, 4.69) is 30.9 Å². The predicted octanol–water partition coefficient (Wildman–Crippen LogP) is 5.57.